The van der Waals surface area contributed by atoms with Gasteiger partial charge < -0.3 is 19.9 Å². The molecule has 2 aliphatic rings. The van der Waals surface area contributed by atoms with Crippen LogP contribution in [-0.2, 0) is 0 Å². The van der Waals surface area contributed by atoms with Crippen molar-refractivity contribution in [2.45, 2.75) is 32.2 Å². The molecular weight excluding hydrogens is 427 g/mol. The minimum atomic E-state index is 0. The number of hydrogen-bond acceptors (Lipinski definition) is 3. The van der Waals surface area contributed by atoms with E-state index in [0.717, 1.165) is 43.8 Å². The smallest absolute Gasteiger partial charge is 0.193 e. The van der Waals surface area contributed by atoms with Crippen LogP contribution in [0, 0.1) is 5.92 Å². The quantitative estimate of drug-likeness (QED) is 0.418. The summed E-state index contributed by atoms with van der Waals surface area (Å²) in [5, 5.41) is 3.66. The summed E-state index contributed by atoms with van der Waals surface area (Å²) in [5.74, 6) is 2.87. The fourth-order valence-corrected chi connectivity index (χ4v) is 3.63. The summed E-state index contributed by atoms with van der Waals surface area (Å²) in [7, 11) is 3.63. The summed E-state index contributed by atoms with van der Waals surface area (Å²) in [6, 6.07) is 8.90. The lowest BCUT2D eigenvalue weighted by Crippen LogP contribution is -2.53. The first-order chi connectivity index (χ1) is 11.8. The van der Waals surface area contributed by atoms with Crippen molar-refractivity contribution in [3.05, 3.63) is 24.3 Å². The number of piperazine rings is 1. The summed E-state index contributed by atoms with van der Waals surface area (Å²) >= 11 is 0. The van der Waals surface area contributed by atoms with Gasteiger partial charge in [0.05, 0.1) is 12.8 Å². The molecule has 0 bridgehead atoms. The zero-order valence-electron chi connectivity index (χ0n) is 15.6. The normalized spacial score (nSPS) is 23.1. The minimum absolute atomic E-state index is 0. The Hall–Kier alpha value is -1.18. The third-order valence-corrected chi connectivity index (χ3v) is 5.11. The number of nitrogens with zero attached hydrogens (tertiary/aromatic N) is 3. The molecule has 0 amide bonds. The van der Waals surface area contributed by atoms with Crippen LogP contribution in [-0.4, -0.2) is 57.2 Å². The van der Waals surface area contributed by atoms with Gasteiger partial charge in [0.25, 0.3) is 0 Å². The molecule has 1 aliphatic heterocycles. The van der Waals surface area contributed by atoms with E-state index in [0.29, 0.717) is 6.04 Å². The molecule has 1 saturated carbocycles. The molecule has 1 aliphatic carbocycles. The monoisotopic (exact) mass is 458 g/mol. The van der Waals surface area contributed by atoms with Gasteiger partial charge in [-0.2, -0.15) is 0 Å². The van der Waals surface area contributed by atoms with Crippen molar-refractivity contribution >= 4 is 35.6 Å². The maximum Gasteiger partial charge on any atom is 0.193 e. The average molecular weight is 458 g/mol. The number of nitrogens with one attached hydrogen (secondary N) is 1. The first-order valence-corrected chi connectivity index (χ1v) is 9.13. The topological polar surface area (TPSA) is 40.1 Å². The maximum atomic E-state index is 5.50. The van der Waals surface area contributed by atoms with E-state index in [1.165, 1.54) is 24.9 Å². The minimum Gasteiger partial charge on any atom is -0.495 e. The van der Waals surface area contributed by atoms with E-state index in [2.05, 4.69) is 39.2 Å². The highest BCUT2D eigenvalue weighted by Crippen LogP contribution is 2.34. The lowest BCUT2D eigenvalue weighted by molar-refractivity contribution is 0.366. The third-order valence-electron chi connectivity index (χ3n) is 5.11. The first kappa shape index (κ1) is 20.1. The van der Waals surface area contributed by atoms with E-state index in [-0.39, 0.29) is 24.0 Å². The molecule has 1 saturated heterocycles. The maximum absolute atomic E-state index is 5.50. The van der Waals surface area contributed by atoms with Gasteiger partial charge in [0.15, 0.2) is 5.96 Å². The SMILES string of the molecule is CCCC1CC1NC(=NC)N1CCN(c2ccccc2OC)CC1.I. The van der Waals surface area contributed by atoms with Crippen molar-refractivity contribution in [3.8, 4) is 5.75 Å². The van der Waals surface area contributed by atoms with Gasteiger partial charge in [-0.3, -0.25) is 4.99 Å². The van der Waals surface area contributed by atoms with Crippen LogP contribution in [0.2, 0.25) is 0 Å². The van der Waals surface area contributed by atoms with Crippen LogP contribution in [0.5, 0.6) is 5.75 Å². The third kappa shape index (κ3) is 4.92. The zero-order chi connectivity index (χ0) is 16.9. The lowest BCUT2D eigenvalue weighted by Gasteiger charge is -2.38. The molecule has 1 N–H and O–H groups in total. The second-order valence-corrected chi connectivity index (χ2v) is 6.73. The number of rotatable bonds is 5. The van der Waals surface area contributed by atoms with E-state index in [1.54, 1.807) is 7.11 Å². The Morgan fingerprint density at radius 1 is 1.24 bits per heavy atom. The van der Waals surface area contributed by atoms with Gasteiger partial charge in [0.2, 0.25) is 0 Å². The van der Waals surface area contributed by atoms with Crippen LogP contribution >= 0.6 is 24.0 Å². The molecule has 25 heavy (non-hydrogen) atoms. The summed E-state index contributed by atoms with van der Waals surface area (Å²) in [5.41, 5.74) is 1.19. The van der Waals surface area contributed by atoms with Crippen molar-refractivity contribution in [2.75, 3.05) is 45.2 Å². The Morgan fingerprint density at radius 2 is 1.96 bits per heavy atom. The molecule has 0 spiro atoms. The predicted octanol–water partition coefficient (Wildman–Crippen LogP) is 3.20. The van der Waals surface area contributed by atoms with Crippen LogP contribution in [0.4, 0.5) is 5.69 Å². The molecule has 5 nitrogen and oxygen atoms in total. The lowest BCUT2D eigenvalue weighted by atomic mass is 10.2. The van der Waals surface area contributed by atoms with E-state index < -0.39 is 0 Å². The Bertz CT molecular complexity index is 572. The second kappa shape index (κ2) is 9.50. The van der Waals surface area contributed by atoms with E-state index >= 15 is 0 Å². The van der Waals surface area contributed by atoms with E-state index in [4.69, 9.17) is 4.74 Å². The Labute approximate surface area is 168 Å². The Kier molecular flexibility index (Phi) is 7.65. The standard InChI is InChI=1S/C19H30N4O.HI/c1-4-7-15-14-16(15)21-19(20-2)23-12-10-22(11-13-23)17-8-5-6-9-18(17)24-3;/h5-6,8-9,15-16H,4,7,10-14H2,1-3H3,(H,20,21);1H. The van der Waals surface area contributed by atoms with Crippen molar-refractivity contribution in [1.82, 2.24) is 10.2 Å². The molecule has 140 valence electrons. The molecule has 6 heteroatoms. The van der Waals surface area contributed by atoms with E-state index in [1.807, 2.05) is 19.2 Å². The van der Waals surface area contributed by atoms with Gasteiger partial charge >= 0.3 is 0 Å². The largest absolute Gasteiger partial charge is 0.495 e. The van der Waals surface area contributed by atoms with Gasteiger partial charge in [-0.05, 0) is 30.9 Å². The van der Waals surface area contributed by atoms with Crippen LogP contribution < -0.4 is 15.0 Å². The summed E-state index contributed by atoms with van der Waals surface area (Å²) < 4.78 is 5.50. The highest BCUT2D eigenvalue weighted by Gasteiger charge is 2.37. The average Bonchev–Trinajstić information content (AvgIpc) is 3.38. The predicted molar refractivity (Wildman–Crippen MR) is 115 cm³/mol. The Morgan fingerprint density at radius 3 is 2.60 bits per heavy atom. The van der Waals surface area contributed by atoms with Crippen molar-refractivity contribution < 1.29 is 4.74 Å². The number of methoxy groups -OCH3 is 1. The molecule has 0 radical (unpaired) electrons. The van der Waals surface area contributed by atoms with E-state index in [9.17, 15) is 0 Å². The van der Waals surface area contributed by atoms with Crippen LogP contribution in [0.25, 0.3) is 0 Å². The molecule has 1 heterocycles. The van der Waals surface area contributed by atoms with Crippen molar-refractivity contribution in [3.63, 3.8) is 0 Å². The molecule has 2 fully saturated rings. The highest BCUT2D eigenvalue weighted by molar-refractivity contribution is 14.0. The van der Waals surface area contributed by atoms with Gasteiger partial charge in [-0.1, -0.05) is 25.5 Å². The van der Waals surface area contributed by atoms with Crippen molar-refractivity contribution in [2.24, 2.45) is 10.9 Å². The molecule has 3 rings (SSSR count). The molecule has 1 aromatic carbocycles. The number of para-hydroxylation sites is 2. The summed E-state index contributed by atoms with van der Waals surface area (Å²) in [6.45, 7) is 6.22. The number of benzene rings is 1. The van der Waals surface area contributed by atoms with Gasteiger partial charge in [0, 0.05) is 39.3 Å². The molecule has 2 unspecified atom stereocenters. The fourth-order valence-electron chi connectivity index (χ4n) is 3.63. The number of anilines is 1. The van der Waals surface area contributed by atoms with Gasteiger partial charge in [-0.25, -0.2) is 0 Å². The molecule has 0 aromatic heterocycles. The number of halogens is 1. The van der Waals surface area contributed by atoms with Crippen LogP contribution in [0.3, 0.4) is 0 Å². The number of aliphatic imine (C=N–C) groups is 1. The Balaban J connectivity index is 0.00000225. The summed E-state index contributed by atoms with van der Waals surface area (Å²) in [6.07, 6.45) is 3.91. The molecule has 2 atom stereocenters. The summed E-state index contributed by atoms with van der Waals surface area (Å²) in [4.78, 5) is 9.29. The number of guanidine groups is 1. The number of ether oxygens (including phenoxy) is 1. The number of hydrogen-bond donors (Lipinski definition) is 1. The molecular formula is C19H31IN4O. The second-order valence-electron chi connectivity index (χ2n) is 6.73. The first-order valence-electron chi connectivity index (χ1n) is 9.13. The molecule has 1 aromatic rings. The fraction of sp³-hybridized carbons (Fsp3) is 0.632. The van der Waals surface area contributed by atoms with Gasteiger partial charge in [0.1, 0.15) is 5.75 Å². The highest BCUT2D eigenvalue weighted by atomic mass is 127. The van der Waals surface area contributed by atoms with Crippen molar-refractivity contribution in [1.29, 1.82) is 0 Å². The van der Waals surface area contributed by atoms with Crippen LogP contribution in [0.15, 0.2) is 29.3 Å². The van der Waals surface area contributed by atoms with Gasteiger partial charge in [-0.15, -0.1) is 24.0 Å². The zero-order valence-corrected chi connectivity index (χ0v) is 17.9. The van der Waals surface area contributed by atoms with Crippen LogP contribution in [0.1, 0.15) is 26.2 Å².